The molecule has 0 aliphatic heterocycles. The number of rotatable bonds is 5. The van der Waals surface area contributed by atoms with Crippen molar-refractivity contribution in [2.75, 3.05) is 0 Å². The Morgan fingerprint density at radius 2 is 2.19 bits per heavy atom. The zero-order chi connectivity index (χ0) is 15.2. The van der Waals surface area contributed by atoms with E-state index in [1.54, 1.807) is 0 Å². The highest BCUT2D eigenvalue weighted by molar-refractivity contribution is 9.11. The minimum atomic E-state index is -3.55. The van der Waals surface area contributed by atoms with Gasteiger partial charge in [-0.1, -0.05) is 11.6 Å². The minimum absolute atomic E-state index is 0.0556. The topological polar surface area (TPSA) is 50.5 Å². The van der Waals surface area contributed by atoms with Crippen LogP contribution in [-0.2, 0) is 16.6 Å². The van der Waals surface area contributed by atoms with Crippen molar-refractivity contribution in [3.05, 3.63) is 38.5 Å². The van der Waals surface area contributed by atoms with Gasteiger partial charge < -0.3 is 4.42 Å². The zero-order valence-electron chi connectivity index (χ0n) is 11.2. The molecule has 0 amide bonds. The molecule has 4 nitrogen and oxygen atoms in total. The highest BCUT2D eigenvalue weighted by atomic mass is 79.9. The Morgan fingerprint density at radius 1 is 1.48 bits per heavy atom. The van der Waals surface area contributed by atoms with E-state index < -0.39 is 10.0 Å². The highest BCUT2D eigenvalue weighted by Crippen LogP contribution is 2.39. The molecule has 21 heavy (non-hydrogen) atoms. The van der Waals surface area contributed by atoms with Gasteiger partial charge in [-0.05, 0) is 53.9 Å². The van der Waals surface area contributed by atoms with Crippen LogP contribution in [-0.4, -0.2) is 18.8 Å². The molecule has 8 heteroatoms. The van der Waals surface area contributed by atoms with Gasteiger partial charge in [0.15, 0.2) is 0 Å². The number of nitrogens with zero attached hydrogens (tertiary/aromatic N) is 1. The number of aryl methyl sites for hydroxylation is 1. The normalized spacial score (nSPS) is 15.8. The Labute approximate surface area is 140 Å². The molecule has 0 bridgehead atoms. The van der Waals surface area contributed by atoms with Gasteiger partial charge in [-0.2, -0.15) is 4.31 Å². The SMILES string of the molecule is Cc1ccc(CN(C2CC2)S(=O)(=O)c2cc(Cl)c(Br)s2)o1. The molecule has 114 valence electrons. The molecular formula is C13H13BrClNO3S2. The van der Waals surface area contributed by atoms with Gasteiger partial charge in [-0.3, -0.25) is 0 Å². The molecule has 0 spiro atoms. The fourth-order valence-corrected chi connectivity index (χ4v) is 6.25. The van der Waals surface area contributed by atoms with Crippen molar-refractivity contribution >= 4 is 48.9 Å². The van der Waals surface area contributed by atoms with Gasteiger partial charge in [0, 0.05) is 6.04 Å². The van der Waals surface area contributed by atoms with Crippen LogP contribution >= 0.6 is 38.9 Å². The van der Waals surface area contributed by atoms with Gasteiger partial charge >= 0.3 is 0 Å². The average molecular weight is 411 g/mol. The predicted octanol–water partition coefficient (Wildman–Crippen LogP) is 4.42. The van der Waals surface area contributed by atoms with Crippen molar-refractivity contribution in [3.63, 3.8) is 0 Å². The predicted molar refractivity (Wildman–Crippen MR) is 86.2 cm³/mol. The molecule has 1 fully saturated rings. The first-order valence-corrected chi connectivity index (χ1v) is 9.82. The van der Waals surface area contributed by atoms with Crippen molar-refractivity contribution < 1.29 is 12.8 Å². The van der Waals surface area contributed by atoms with Gasteiger partial charge in [0.1, 0.15) is 15.7 Å². The Morgan fingerprint density at radius 3 is 2.67 bits per heavy atom. The van der Waals surface area contributed by atoms with Crippen LogP contribution in [0.4, 0.5) is 0 Å². The summed E-state index contributed by atoms with van der Waals surface area (Å²) in [4.78, 5) is 0. The third-order valence-electron chi connectivity index (χ3n) is 3.25. The number of hydrogen-bond acceptors (Lipinski definition) is 4. The minimum Gasteiger partial charge on any atom is -0.465 e. The Balaban J connectivity index is 1.92. The largest absolute Gasteiger partial charge is 0.465 e. The number of sulfonamides is 1. The average Bonchev–Trinajstić information content (AvgIpc) is 3.08. The van der Waals surface area contributed by atoms with Crippen molar-refractivity contribution in [1.29, 1.82) is 0 Å². The molecule has 1 aliphatic rings. The second kappa shape index (κ2) is 5.70. The lowest BCUT2D eigenvalue weighted by Crippen LogP contribution is -2.32. The second-order valence-corrected chi connectivity index (χ2v) is 9.88. The maximum absolute atomic E-state index is 12.8. The molecule has 0 saturated heterocycles. The molecule has 0 atom stereocenters. The monoisotopic (exact) mass is 409 g/mol. The van der Waals surface area contributed by atoms with Gasteiger partial charge in [0.25, 0.3) is 10.0 Å². The maximum Gasteiger partial charge on any atom is 0.253 e. The molecular weight excluding hydrogens is 398 g/mol. The fraction of sp³-hybridized carbons (Fsp3) is 0.385. The molecule has 0 unspecified atom stereocenters. The van der Waals surface area contributed by atoms with E-state index in [9.17, 15) is 8.42 Å². The number of halogens is 2. The summed E-state index contributed by atoms with van der Waals surface area (Å²) in [5.74, 6) is 1.43. The van der Waals surface area contributed by atoms with Gasteiger partial charge in [0.2, 0.25) is 0 Å². The fourth-order valence-electron chi connectivity index (χ4n) is 2.07. The molecule has 0 aromatic carbocycles. The lowest BCUT2D eigenvalue weighted by molar-refractivity contribution is 0.352. The van der Waals surface area contributed by atoms with Crippen LogP contribution in [0.5, 0.6) is 0 Å². The van der Waals surface area contributed by atoms with Crippen LogP contribution in [0.15, 0.2) is 30.6 Å². The lowest BCUT2D eigenvalue weighted by Gasteiger charge is -2.19. The summed E-state index contributed by atoms with van der Waals surface area (Å²) in [6.45, 7) is 2.10. The molecule has 3 rings (SSSR count). The van der Waals surface area contributed by atoms with E-state index in [4.69, 9.17) is 16.0 Å². The summed E-state index contributed by atoms with van der Waals surface area (Å²) in [5.41, 5.74) is 0. The molecule has 1 aliphatic carbocycles. The zero-order valence-corrected chi connectivity index (χ0v) is 15.2. The number of furan rings is 1. The number of thiophene rings is 1. The van der Waals surface area contributed by atoms with Crippen LogP contribution in [0.1, 0.15) is 24.4 Å². The first-order valence-electron chi connectivity index (χ1n) is 6.40. The van der Waals surface area contributed by atoms with Crippen LogP contribution < -0.4 is 0 Å². The summed E-state index contributed by atoms with van der Waals surface area (Å²) < 4.78 is 33.5. The van der Waals surface area contributed by atoms with Crippen LogP contribution in [0.2, 0.25) is 5.02 Å². The summed E-state index contributed by atoms with van der Waals surface area (Å²) in [7, 11) is -3.55. The highest BCUT2D eigenvalue weighted by Gasteiger charge is 2.39. The van der Waals surface area contributed by atoms with Crippen molar-refractivity contribution in [2.45, 2.75) is 36.6 Å². The van der Waals surface area contributed by atoms with Crippen molar-refractivity contribution in [3.8, 4) is 0 Å². The van der Waals surface area contributed by atoms with E-state index in [0.29, 0.717) is 14.6 Å². The lowest BCUT2D eigenvalue weighted by atomic mass is 10.4. The second-order valence-electron chi connectivity index (χ2n) is 4.98. The van der Waals surface area contributed by atoms with E-state index in [0.717, 1.165) is 29.9 Å². The molecule has 2 aromatic rings. The summed E-state index contributed by atoms with van der Waals surface area (Å²) in [6.07, 6.45) is 1.78. The standard InChI is InChI=1S/C13H13BrClNO3S2/c1-8-2-5-10(19-8)7-16(9-3-4-9)21(17,18)12-6-11(15)13(14)20-12/h2,5-6,9H,3-4,7H2,1H3. The van der Waals surface area contributed by atoms with E-state index in [1.165, 1.54) is 10.4 Å². The first kappa shape index (κ1) is 15.6. The summed E-state index contributed by atoms with van der Waals surface area (Å²) in [5, 5.41) is 0.420. The first-order chi connectivity index (χ1) is 9.88. The molecule has 0 N–H and O–H groups in total. The summed E-state index contributed by atoms with van der Waals surface area (Å²) in [6, 6.07) is 5.21. The quantitative estimate of drug-likeness (QED) is 0.733. The van der Waals surface area contributed by atoms with Gasteiger partial charge in [0.05, 0.1) is 15.4 Å². The maximum atomic E-state index is 12.8. The van der Waals surface area contributed by atoms with Crippen LogP contribution in [0.25, 0.3) is 0 Å². The Hall–Kier alpha value is -0.340. The van der Waals surface area contributed by atoms with E-state index in [-0.39, 0.29) is 16.8 Å². The number of hydrogen-bond donors (Lipinski definition) is 0. The molecule has 1 saturated carbocycles. The van der Waals surface area contributed by atoms with Crippen LogP contribution in [0.3, 0.4) is 0 Å². The molecule has 2 aromatic heterocycles. The molecule has 2 heterocycles. The molecule has 0 radical (unpaired) electrons. The Bertz CT molecular complexity index is 745. The van der Waals surface area contributed by atoms with Gasteiger partial charge in [-0.15, -0.1) is 11.3 Å². The third kappa shape index (κ3) is 3.22. The van der Waals surface area contributed by atoms with Gasteiger partial charge in [-0.25, -0.2) is 8.42 Å². The van der Waals surface area contributed by atoms with Crippen LogP contribution in [0, 0.1) is 6.92 Å². The Kier molecular flexibility index (Phi) is 4.22. The van der Waals surface area contributed by atoms with E-state index in [2.05, 4.69) is 15.9 Å². The van der Waals surface area contributed by atoms with Crippen molar-refractivity contribution in [1.82, 2.24) is 4.31 Å². The smallest absolute Gasteiger partial charge is 0.253 e. The van der Waals surface area contributed by atoms with E-state index >= 15 is 0 Å². The third-order valence-corrected chi connectivity index (χ3v) is 8.07. The van der Waals surface area contributed by atoms with Crippen molar-refractivity contribution in [2.24, 2.45) is 0 Å². The van der Waals surface area contributed by atoms with E-state index in [1.807, 2.05) is 19.1 Å². The summed E-state index contributed by atoms with van der Waals surface area (Å²) >= 11 is 10.4.